The topological polar surface area (TPSA) is 75.7 Å². The Hall–Kier alpha value is -1.44. The van der Waals surface area contributed by atoms with E-state index in [9.17, 15) is 13.2 Å². The zero-order valence-corrected chi connectivity index (χ0v) is 14.7. The van der Waals surface area contributed by atoms with E-state index < -0.39 is 10.0 Å². The molecule has 0 radical (unpaired) electrons. The third kappa shape index (κ3) is 4.15. The highest BCUT2D eigenvalue weighted by Gasteiger charge is 2.28. The Balaban J connectivity index is 1.67. The standard InChI is InChI=1S/C17H24N2O4S/c1-2-19(11-13-9-10-23-12-13)17(20)14-3-7-16(8-4-14)24(21,22)18-15-5-6-15/h3-4,7-8,13,15,18H,2,5-6,9-12H2,1H3/t13-/m1/s1. The molecular formula is C17H24N2O4S. The van der Waals surface area contributed by atoms with Gasteiger partial charge in [-0.3, -0.25) is 4.79 Å². The van der Waals surface area contributed by atoms with E-state index in [-0.39, 0.29) is 16.8 Å². The van der Waals surface area contributed by atoms with E-state index >= 15 is 0 Å². The molecule has 1 N–H and O–H groups in total. The zero-order chi connectivity index (χ0) is 17.2. The Morgan fingerprint density at radius 3 is 2.50 bits per heavy atom. The van der Waals surface area contributed by atoms with Crippen LogP contribution in [0, 0.1) is 5.92 Å². The second kappa shape index (κ2) is 7.21. The van der Waals surface area contributed by atoms with Crippen LogP contribution in [0.4, 0.5) is 0 Å². The van der Waals surface area contributed by atoms with Gasteiger partial charge in [0, 0.05) is 37.2 Å². The average Bonchev–Trinajstić information content (AvgIpc) is 3.23. The number of nitrogens with zero attached hydrogens (tertiary/aromatic N) is 1. The van der Waals surface area contributed by atoms with Gasteiger partial charge in [-0.2, -0.15) is 0 Å². The lowest BCUT2D eigenvalue weighted by Gasteiger charge is -2.24. The van der Waals surface area contributed by atoms with Gasteiger partial charge in [-0.25, -0.2) is 13.1 Å². The molecule has 7 heteroatoms. The van der Waals surface area contributed by atoms with Crippen molar-refractivity contribution in [2.45, 2.75) is 37.1 Å². The molecule has 3 rings (SSSR count). The number of rotatable bonds is 7. The van der Waals surface area contributed by atoms with E-state index in [0.29, 0.717) is 31.2 Å². The van der Waals surface area contributed by atoms with E-state index in [1.807, 2.05) is 6.92 Å². The maximum Gasteiger partial charge on any atom is 0.253 e. The quantitative estimate of drug-likeness (QED) is 0.809. The van der Waals surface area contributed by atoms with Crippen molar-refractivity contribution in [3.8, 4) is 0 Å². The fourth-order valence-electron chi connectivity index (χ4n) is 2.84. The van der Waals surface area contributed by atoms with Crippen LogP contribution in [-0.2, 0) is 14.8 Å². The summed E-state index contributed by atoms with van der Waals surface area (Å²) in [6.07, 6.45) is 2.77. The molecule has 1 aliphatic carbocycles. The normalized spacial score (nSPS) is 21.0. The molecule has 1 saturated carbocycles. The molecule has 1 amide bonds. The minimum atomic E-state index is -3.48. The first-order valence-electron chi connectivity index (χ1n) is 8.49. The molecule has 0 spiro atoms. The van der Waals surface area contributed by atoms with E-state index in [0.717, 1.165) is 25.9 Å². The Bertz CT molecular complexity index is 677. The number of hydrogen-bond acceptors (Lipinski definition) is 4. The first kappa shape index (κ1) is 17.4. The zero-order valence-electron chi connectivity index (χ0n) is 13.9. The van der Waals surface area contributed by atoms with Crippen LogP contribution in [0.5, 0.6) is 0 Å². The summed E-state index contributed by atoms with van der Waals surface area (Å²) >= 11 is 0. The number of carbonyl (C=O) groups is 1. The van der Waals surface area contributed by atoms with Crippen LogP contribution in [-0.4, -0.2) is 51.6 Å². The molecule has 24 heavy (non-hydrogen) atoms. The molecule has 1 aromatic rings. The molecule has 1 heterocycles. The van der Waals surface area contributed by atoms with Crippen LogP contribution < -0.4 is 4.72 Å². The molecule has 0 unspecified atom stereocenters. The summed E-state index contributed by atoms with van der Waals surface area (Å²) in [5.74, 6) is 0.319. The second-order valence-corrected chi connectivity index (χ2v) is 8.21. The van der Waals surface area contributed by atoms with Crippen molar-refractivity contribution < 1.29 is 17.9 Å². The second-order valence-electron chi connectivity index (χ2n) is 6.49. The highest BCUT2D eigenvalue weighted by atomic mass is 32.2. The molecular weight excluding hydrogens is 328 g/mol. The Kier molecular flexibility index (Phi) is 5.22. The highest BCUT2D eigenvalue weighted by Crippen LogP contribution is 2.22. The lowest BCUT2D eigenvalue weighted by atomic mass is 10.1. The van der Waals surface area contributed by atoms with Crippen molar-refractivity contribution in [3.05, 3.63) is 29.8 Å². The smallest absolute Gasteiger partial charge is 0.253 e. The summed E-state index contributed by atoms with van der Waals surface area (Å²) in [7, 11) is -3.48. The van der Waals surface area contributed by atoms with E-state index in [2.05, 4.69) is 4.72 Å². The van der Waals surface area contributed by atoms with Crippen molar-refractivity contribution in [2.24, 2.45) is 5.92 Å². The van der Waals surface area contributed by atoms with Crippen molar-refractivity contribution in [1.29, 1.82) is 0 Å². The van der Waals surface area contributed by atoms with Crippen LogP contribution in [0.2, 0.25) is 0 Å². The maximum atomic E-state index is 12.6. The van der Waals surface area contributed by atoms with Gasteiger partial charge in [-0.15, -0.1) is 0 Å². The molecule has 2 aliphatic rings. The molecule has 6 nitrogen and oxygen atoms in total. The average molecular weight is 352 g/mol. The summed E-state index contributed by atoms with van der Waals surface area (Å²) in [4.78, 5) is 14.6. The molecule has 1 aliphatic heterocycles. The summed E-state index contributed by atoms with van der Waals surface area (Å²) in [5, 5.41) is 0. The SMILES string of the molecule is CCN(C[C@H]1CCOC1)C(=O)c1ccc(S(=O)(=O)NC2CC2)cc1. The summed E-state index contributed by atoms with van der Waals surface area (Å²) in [6, 6.07) is 6.27. The van der Waals surface area contributed by atoms with Gasteiger partial charge in [-0.05, 0) is 50.5 Å². The van der Waals surface area contributed by atoms with Gasteiger partial charge < -0.3 is 9.64 Å². The fraction of sp³-hybridized carbons (Fsp3) is 0.588. The number of carbonyl (C=O) groups excluding carboxylic acids is 1. The van der Waals surface area contributed by atoms with Crippen LogP contribution >= 0.6 is 0 Å². The molecule has 0 aromatic heterocycles. The fourth-order valence-corrected chi connectivity index (χ4v) is 4.15. The minimum Gasteiger partial charge on any atom is -0.381 e. The van der Waals surface area contributed by atoms with Crippen molar-refractivity contribution in [3.63, 3.8) is 0 Å². The minimum absolute atomic E-state index is 0.0662. The van der Waals surface area contributed by atoms with Crippen LogP contribution in [0.15, 0.2) is 29.2 Å². The number of ether oxygens (including phenoxy) is 1. The Morgan fingerprint density at radius 1 is 1.25 bits per heavy atom. The third-order valence-corrected chi connectivity index (χ3v) is 6.02. The largest absolute Gasteiger partial charge is 0.381 e. The molecule has 1 aromatic carbocycles. The Labute approximate surface area is 143 Å². The number of amides is 1. The first-order chi connectivity index (χ1) is 11.5. The van der Waals surface area contributed by atoms with Crippen LogP contribution in [0.3, 0.4) is 0 Å². The summed E-state index contributed by atoms with van der Waals surface area (Å²) in [5.41, 5.74) is 0.515. The van der Waals surface area contributed by atoms with Gasteiger partial charge in [0.1, 0.15) is 0 Å². The summed E-state index contributed by atoms with van der Waals surface area (Å²) < 4.78 is 32.3. The molecule has 0 bridgehead atoms. The number of sulfonamides is 1. The predicted octanol–water partition coefficient (Wildman–Crippen LogP) is 1.63. The number of benzene rings is 1. The van der Waals surface area contributed by atoms with Crippen molar-refractivity contribution in [2.75, 3.05) is 26.3 Å². The van der Waals surface area contributed by atoms with Crippen LogP contribution in [0.1, 0.15) is 36.5 Å². The third-order valence-electron chi connectivity index (χ3n) is 4.48. The highest BCUT2D eigenvalue weighted by molar-refractivity contribution is 7.89. The molecule has 1 atom stereocenters. The van der Waals surface area contributed by atoms with Crippen LogP contribution in [0.25, 0.3) is 0 Å². The van der Waals surface area contributed by atoms with E-state index in [1.165, 1.54) is 12.1 Å². The lowest BCUT2D eigenvalue weighted by Crippen LogP contribution is -2.35. The van der Waals surface area contributed by atoms with Crippen molar-refractivity contribution >= 4 is 15.9 Å². The van der Waals surface area contributed by atoms with Gasteiger partial charge in [-0.1, -0.05) is 0 Å². The Morgan fingerprint density at radius 2 is 1.96 bits per heavy atom. The number of hydrogen-bond donors (Lipinski definition) is 1. The molecule has 1 saturated heterocycles. The predicted molar refractivity (Wildman–Crippen MR) is 90.3 cm³/mol. The van der Waals surface area contributed by atoms with Gasteiger partial charge in [0.15, 0.2) is 0 Å². The monoisotopic (exact) mass is 352 g/mol. The van der Waals surface area contributed by atoms with Gasteiger partial charge in [0.2, 0.25) is 10.0 Å². The van der Waals surface area contributed by atoms with Gasteiger partial charge >= 0.3 is 0 Å². The van der Waals surface area contributed by atoms with Crippen molar-refractivity contribution in [1.82, 2.24) is 9.62 Å². The molecule has 2 fully saturated rings. The van der Waals surface area contributed by atoms with Gasteiger partial charge in [0.05, 0.1) is 11.5 Å². The maximum absolute atomic E-state index is 12.6. The van der Waals surface area contributed by atoms with E-state index in [4.69, 9.17) is 4.74 Å². The lowest BCUT2D eigenvalue weighted by molar-refractivity contribution is 0.0730. The molecule has 132 valence electrons. The van der Waals surface area contributed by atoms with Gasteiger partial charge in [0.25, 0.3) is 5.91 Å². The summed E-state index contributed by atoms with van der Waals surface area (Å²) in [6.45, 7) is 4.72. The van der Waals surface area contributed by atoms with E-state index in [1.54, 1.807) is 17.0 Å². The first-order valence-corrected chi connectivity index (χ1v) is 9.97. The number of nitrogens with one attached hydrogen (secondary N) is 1.